The number of ketones is 2. The lowest BCUT2D eigenvalue weighted by Crippen LogP contribution is -2.49. The van der Waals surface area contributed by atoms with Gasteiger partial charge < -0.3 is 15.0 Å². The molecule has 3 aliphatic rings. The zero-order valence-corrected chi connectivity index (χ0v) is 23.2. The number of benzene rings is 4. The lowest BCUT2D eigenvalue weighted by atomic mass is 9.62. The summed E-state index contributed by atoms with van der Waals surface area (Å²) in [5.74, 6) is -1.17. The van der Waals surface area contributed by atoms with Crippen LogP contribution in [0.1, 0.15) is 56.8 Å². The molecule has 0 saturated carbocycles. The van der Waals surface area contributed by atoms with Gasteiger partial charge in [-0.15, -0.1) is 0 Å². The topological polar surface area (TPSA) is 75.7 Å². The standard InChI is InChI=1S/C36H30N2O4/c1-2-21-42-26-15-10-14-25(22-26)32(39)30-31(33(40)24-12-4-3-5-13-24)38-20-19-23-11-6-7-16-27(23)34(38)36(30)28-17-8-9-18-29(28)37-35(36)41/h3-20,22,30-31,34H,2,21H2,1H3,(H,37,41)/t30-,31+,34-,36+/m0/s1. The number of hydrogen-bond donors (Lipinski definition) is 1. The van der Waals surface area contributed by atoms with Crippen LogP contribution in [0, 0.1) is 5.92 Å². The SMILES string of the molecule is CCCOc1cccc(C(=O)[C@@H]2[C@H](C(=O)c3ccccc3)N3C=Cc4ccccc4[C@H]3[C@]23C(=O)Nc2ccccc23)c1. The largest absolute Gasteiger partial charge is 0.494 e. The van der Waals surface area contributed by atoms with Gasteiger partial charge in [-0.05, 0) is 47.4 Å². The Balaban J connectivity index is 1.50. The predicted molar refractivity (Wildman–Crippen MR) is 161 cm³/mol. The number of nitrogens with one attached hydrogen (secondary N) is 1. The number of ether oxygens (including phenoxy) is 1. The van der Waals surface area contributed by atoms with Crippen molar-refractivity contribution >= 4 is 29.2 Å². The number of para-hydroxylation sites is 1. The maximum atomic E-state index is 15.0. The van der Waals surface area contributed by atoms with Gasteiger partial charge in [-0.2, -0.15) is 0 Å². The summed E-state index contributed by atoms with van der Waals surface area (Å²) >= 11 is 0. The molecule has 0 bridgehead atoms. The van der Waals surface area contributed by atoms with Crippen LogP contribution in [0.2, 0.25) is 0 Å². The Morgan fingerprint density at radius 2 is 1.60 bits per heavy atom. The normalized spacial score (nSPS) is 23.2. The van der Waals surface area contributed by atoms with Crippen molar-refractivity contribution in [2.24, 2.45) is 5.92 Å². The fourth-order valence-electron chi connectivity index (χ4n) is 7.08. The van der Waals surface area contributed by atoms with Crippen LogP contribution in [0.4, 0.5) is 5.69 Å². The van der Waals surface area contributed by atoms with Gasteiger partial charge in [0, 0.05) is 23.0 Å². The summed E-state index contributed by atoms with van der Waals surface area (Å²) in [5, 5.41) is 3.09. The minimum atomic E-state index is -1.36. The number of hydrogen-bond acceptors (Lipinski definition) is 5. The van der Waals surface area contributed by atoms with Crippen molar-refractivity contribution in [1.82, 2.24) is 4.90 Å². The minimum absolute atomic E-state index is 0.199. The van der Waals surface area contributed by atoms with Gasteiger partial charge in [0.15, 0.2) is 11.6 Å². The number of nitrogens with zero attached hydrogens (tertiary/aromatic N) is 1. The molecule has 1 saturated heterocycles. The summed E-state index contributed by atoms with van der Waals surface area (Å²) in [7, 11) is 0. The second-order valence-corrected chi connectivity index (χ2v) is 11.1. The van der Waals surface area contributed by atoms with Crippen molar-refractivity contribution in [2.75, 3.05) is 11.9 Å². The van der Waals surface area contributed by atoms with Crippen LogP contribution >= 0.6 is 0 Å². The van der Waals surface area contributed by atoms with E-state index >= 15 is 0 Å². The van der Waals surface area contributed by atoms with E-state index in [0.717, 1.165) is 23.1 Å². The number of rotatable bonds is 7. The van der Waals surface area contributed by atoms with Crippen LogP contribution in [0.15, 0.2) is 109 Å². The van der Waals surface area contributed by atoms with Crippen molar-refractivity contribution in [3.8, 4) is 5.75 Å². The van der Waals surface area contributed by atoms with Gasteiger partial charge in [0.1, 0.15) is 17.2 Å². The van der Waals surface area contributed by atoms with E-state index in [1.54, 1.807) is 30.3 Å². The lowest BCUT2D eigenvalue weighted by Gasteiger charge is -2.38. The fraction of sp³-hybridized carbons (Fsp3) is 0.194. The van der Waals surface area contributed by atoms with Crippen LogP contribution in [0.5, 0.6) is 5.75 Å². The Labute approximate surface area is 244 Å². The summed E-state index contributed by atoms with van der Waals surface area (Å²) in [6.45, 7) is 2.54. The van der Waals surface area contributed by atoms with E-state index in [0.29, 0.717) is 29.2 Å². The summed E-state index contributed by atoms with van der Waals surface area (Å²) < 4.78 is 5.87. The third kappa shape index (κ3) is 3.75. The Kier molecular flexibility index (Phi) is 6.27. The van der Waals surface area contributed by atoms with E-state index < -0.39 is 23.4 Å². The highest BCUT2D eigenvalue weighted by Gasteiger charge is 2.70. The zero-order valence-electron chi connectivity index (χ0n) is 23.2. The quantitative estimate of drug-likeness (QED) is 0.266. The third-order valence-corrected chi connectivity index (χ3v) is 8.77. The van der Waals surface area contributed by atoms with Crippen molar-refractivity contribution in [3.05, 3.63) is 137 Å². The first-order chi connectivity index (χ1) is 20.6. The molecule has 0 radical (unpaired) electrons. The first-order valence-corrected chi connectivity index (χ1v) is 14.4. The first-order valence-electron chi connectivity index (χ1n) is 14.4. The van der Waals surface area contributed by atoms with E-state index in [2.05, 4.69) is 5.32 Å². The molecule has 4 aromatic rings. The number of carbonyl (C=O) groups excluding carboxylic acids is 3. The van der Waals surface area contributed by atoms with Crippen LogP contribution in [0.25, 0.3) is 6.08 Å². The predicted octanol–water partition coefficient (Wildman–Crippen LogP) is 6.46. The highest BCUT2D eigenvalue weighted by molar-refractivity contribution is 6.16. The molecule has 4 aromatic carbocycles. The summed E-state index contributed by atoms with van der Waals surface area (Å²) in [5.41, 5.74) is 2.82. The van der Waals surface area contributed by atoms with E-state index in [9.17, 15) is 14.4 Å². The number of anilines is 1. The molecule has 1 amide bonds. The maximum absolute atomic E-state index is 15.0. The molecule has 1 spiro atoms. The lowest BCUT2D eigenvalue weighted by molar-refractivity contribution is -0.122. The molecule has 0 aliphatic carbocycles. The molecule has 3 heterocycles. The van der Waals surface area contributed by atoms with Gasteiger partial charge in [0.05, 0.1) is 18.6 Å². The fourth-order valence-corrected chi connectivity index (χ4v) is 7.08. The molecule has 1 fully saturated rings. The molecule has 7 rings (SSSR count). The molecule has 0 unspecified atom stereocenters. The van der Waals surface area contributed by atoms with Crippen LogP contribution in [0.3, 0.4) is 0 Å². The monoisotopic (exact) mass is 554 g/mol. The van der Waals surface area contributed by atoms with E-state index in [-0.39, 0.29) is 17.5 Å². The number of carbonyl (C=O) groups is 3. The molecule has 208 valence electrons. The maximum Gasteiger partial charge on any atom is 0.238 e. The van der Waals surface area contributed by atoms with Gasteiger partial charge in [0.25, 0.3) is 0 Å². The van der Waals surface area contributed by atoms with Gasteiger partial charge in [-0.25, -0.2) is 0 Å². The summed E-state index contributed by atoms with van der Waals surface area (Å²) in [4.78, 5) is 46.0. The molecule has 6 nitrogen and oxygen atoms in total. The Hall–Kier alpha value is -4.97. The van der Waals surface area contributed by atoms with Gasteiger partial charge in [-0.3, -0.25) is 14.4 Å². The van der Waals surface area contributed by atoms with Crippen LogP contribution < -0.4 is 10.1 Å². The van der Waals surface area contributed by atoms with Crippen LogP contribution in [-0.2, 0) is 10.2 Å². The molecule has 0 aromatic heterocycles. The average molecular weight is 555 g/mol. The van der Waals surface area contributed by atoms with Crippen molar-refractivity contribution in [3.63, 3.8) is 0 Å². The van der Waals surface area contributed by atoms with Crippen molar-refractivity contribution < 1.29 is 19.1 Å². The molecule has 6 heteroatoms. The summed E-state index contributed by atoms with van der Waals surface area (Å²) in [6, 6.07) is 30.1. The van der Waals surface area contributed by atoms with Crippen molar-refractivity contribution in [1.29, 1.82) is 0 Å². The van der Waals surface area contributed by atoms with Gasteiger partial charge in [-0.1, -0.05) is 91.9 Å². The zero-order chi connectivity index (χ0) is 28.8. The first kappa shape index (κ1) is 26.0. The molecule has 42 heavy (non-hydrogen) atoms. The summed E-state index contributed by atoms with van der Waals surface area (Å²) in [6.07, 6.45) is 4.69. The number of Topliss-reactive ketones (excluding diaryl/α,β-unsaturated/α-hetero) is 2. The van der Waals surface area contributed by atoms with E-state index in [1.165, 1.54) is 0 Å². The smallest absolute Gasteiger partial charge is 0.238 e. The number of amides is 1. The van der Waals surface area contributed by atoms with Gasteiger partial charge >= 0.3 is 0 Å². The van der Waals surface area contributed by atoms with Gasteiger partial charge in [0.2, 0.25) is 5.91 Å². The molecule has 4 atom stereocenters. The van der Waals surface area contributed by atoms with E-state index in [4.69, 9.17) is 4.74 Å². The Morgan fingerprint density at radius 1 is 0.857 bits per heavy atom. The van der Waals surface area contributed by atoms with E-state index in [1.807, 2.05) is 96.9 Å². The second-order valence-electron chi connectivity index (χ2n) is 11.1. The Bertz CT molecular complexity index is 1750. The minimum Gasteiger partial charge on any atom is -0.494 e. The molecular formula is C36H30N2O4. The van der Waals surface area contributed by atoms with Crippen molar-refractivity contribution in [2.45, 2.75) is 30.8 Å². The molecule has 3 aliphatic heterocycles. The average Bonchev–Trinajstić information content (AvgIpc) is 3.52. The molecular weight excluding hydrogens is 524 g/mol. The van der Waals surface area contributed by atoms with Crippen LogP contribution in [-0.4, -0.2) is 35.0 Å². The highest BCUT2D eigenvalue weighted by atomic mass is 16.5. The molecule has 1 N–H and O–H groups in total. The highest BCUT2D eigenvalue weighted by Crippen LogP contribution is 2.62. The Morgan fingerprint density at radius 3 is 2.43 bits per heavy atom. The second kappa shape index (κ2) is 10.1. The third-order valence-electron chi connectivity index (χ3n) is 8.77. The number of fused-ring (bicyclic) bond motifs is 6.